The minimum Gasteiger partial charge on any atom is -0.451 e. The normalized spacial score (nSPS) is 10.8. The van der Waals surface area contributed by atoms with Gasteiger partial charge < -0.3 is 4.74 Å². The van der Waals surface area contributed by atoms with E-state index >= 15 is 0 Å². The van der Waals surface area contributed by atoms with Crippen molar-refractivity contribution in [2.45, 2.75) is 0 Å². The van der Waals surface area contributed by atoms with E-state index in [1.165, 1.54) is 11.8 Å². The van der Waals surface area contributed by atoms with E-state index in [4.69, 9.17) is 4.74 Å². The summed E-state index contributed by atoms with van der Waals surface area (Å²) in [5.41, 5.74) is 3.37. The smallest absolute Gasteiger partial charge is 0.434 e. The van der Waals surface area contributed by atoms with E-state index in [-0.39, 0.29) is 0 Å². The van der Waals surface area contributed by atoms with E-state index in [0.717, 1.165) is 11.1 Å². The second kappa shape index (κ2) is 6.75. The highest BCUT2D eigenvalue weighted by Gasteiger charge is 2.14. The summed E-state index contributed by atoms with van der Waals surface area (Å²) < 4.78 is 6.09. The molecule has 3 rings (SSSR count). The van der Waals surface area contributed by atoms with Gasteiger partial charge in [-0.15, -0.1) is 0 Å². The largest absolute Gasteiger partial charge is 0.451 e. The van der Waals surface area contributed by atoms with Crippen LogP contribution in [-0.4, -0.2) is 23.0 Å². The molecule has 2 aromatic carbocycles. The van der Waals surface area contributed by atoms with E-state index in [1.54, 1.807) is 0 Å². The van der Waals surface area contributed by atoms with Gasteiger partial charge in [0.2, 0.25) is 0 Å². The summed E-state index contributed by atoms with van der Waals surface area (Å²) in [5, 5.41) is 4.33. The molecule has 0 spiro atoms. The maximum atomic E-state index is 11.9. The molecule has 0 amide bonds. The third kappa shape index (κ3) is 3.37. The number of aromatic nitrogens is 2. The Balaban J connectivity index is 1.98. The predicted molar refractivity (Wildman–Crippen MR) is 90.8 cm³/mol. The SMILES string of the molecule is COC(=O)n1nc(/C=C/c2ccccc2)cc1-c1ccccc1. The van der Waals surface area contributed by atoms with Gasteiger partial charge in [-0.25, -0.2) is 4.79 Å². The number of carbonyl (C=O) groups excluding carboxylic acids is 1. The summed E-state index contributed by atoms with van der Waals surface area (Å²) >= 11 is 0. The molecule has 0 aliphatic heterocycles. The van der Waals surface area contributed by atoms with Crippen molar-refractivity contribution in [1.82, 2.24) is 9.78 Å². The minimum atomic E-state index is -0.511. The maximum absolute atomic E-state index is 11.9. The lowest BCUT2D eigenvalue weighted by molar-refractivity contribution is 0.169. The van der Waals surface area contributed by atoms with Gasteiger partial charge in [0.15, 0.2) is 0 Å². The van der Waals surface area contributed by atoms with Gasteiger partial charge in [-0.1, -0.05) is 66.7 Å². The van der Waals surface area contributed by atoms with Gasteiger partial charge in [0, 0.05) is 5.56 Å². The second-order valence-corrected chi connectivity index (χ2v) is 4.95. The molecule has 0 fully saturated rings. The molecule has 0 atom stereocenters. The first kappa shape index (κ1) is 14.8. The molecule has 0 aliphatic carbocycles. The highest BCUT2D eigenvalue weighted by Crippen LogP contribution is 2.21. The van der Waals surface area contributed by atoms with Gasteiger partial charge in [-0.05, 0) is 17.7 Å². The van der Waals surface area contributed by atoms with E-state index in [1.807, 2.05) is 78.9 Å². The van der Waals surface area contributed by atoms with E-state index in [2.05, 4.69) is 5.10 Å². The first-order valence-electron chi connectivity index (χ1n) is 7.25. The van der Waals surface area contributed by atoms with Crippen LogP contribution in [0.1, 0.15) is 11.3 Å². The summed E-state index contributed by atoms with van der Waals surface area (Å²) in [7, 11) is 1.35. The molecule has 0 radical (unpaired) electrons. The molecular weight excluding hydrogens is 288 g/mol. The summed E-state index contributed by atoms with van der Waals surface area (Å²) in [5.74, 6) is 0. The number of methoxy groups -OCH3 is 1. The fraction of sp³-hybridized carbons (Fsp3) is 0.0526. The van der Waals surface area contributed by atoms with Crippen molar-refractivity contribution >= 4 is 18.2 Å². The van der Waals surface area contributed by atoms with Crippen molar-refractivity contribution < 1.29 is 9.53 Å². The van der Waals surface area contributed by atoms with Gasteiger partial charge in [-0.2, -0.15) is 9.78 Å². The second-order valence-electron chi connectivity index (χ2n) is 4.95. The molecule has 4 heteroatoms. The topological polar surface area (TPSA) is 44.1 Å². The number of ether oxygens (including phenoxy) is 1. The van der Waals surface area contributed by atoms with Crippen molar-refractivity contribution in [3.8, 4) is 11.3 Å². The standard InChI is InChI=1S/C19H16N2O2/c1-23-19(22)21-18(16-10-6-3-7-11-16)14-17(20-21)13-12-15-8-4-2-5-9-15/h2-14H,1H3/b13-12+. The van der Waals surface area contributed by atoms with E-state index < -0.39 is 6.09 Å². The van der Waals surface area contributed by atoms with Crippen LogP contribution in [-0.2, 0) is 4.74 Å². The molecule has 1 aromatic heterocycles. The highest BCUT2D eigenvalue weighted by atomic mass is 16.5. The fourth-order valence-corrected chi connectivity index (χ4v) is 2.27. The van der Waals surface area contributed by atoms with Gasteiger partial charge in [0.05, 0.1) is 18.5 Å². The molecular formula is C19H16N2O2. The van der Waals surface area contributed by atoms with Crippen LogP contribution in [0.25, 0.3) is 23.4 Å². The average molecular weight is 304 g/mol. The van der Waals surface area contributed by atoms with Crippen LogP contribution in [0.3, 0.4) is 0 Å². The van der Waals surface area contributed by atoms with Crippen LogP contribution in [0.4, 0.5) is 4.79 Å². The zero-order valence-corrected chi connectivity index (χ0v) is 12.7. The average Bonchev–Trinajstić information content (AvgIpc) is 3.05. The van der Waals surface area contributed by atoms with Crippen LogP contribution in [0.5, 0.6) is 0 Å². The number of hydrogen-bond donors (Lipinski definition) is 0. The predicted octanol–water partition coefficient (Wildman–Crippen LogP) is 4.34. The lowest BCUT2D eigenvalue weighted by Gasteiger charge is -2.03. The number of carbonyl (C=O) groups is 1. The van der Waals surface area contributed by atoms with Gasteiger partial charge >= 0.3 is 6.09 Å². The molecule has 0 saturated heterocycles. The van der Waals surface area contributed by atoms with Crippen molar-refractivity contribution in [2.75, 3.05) is 7.11 Å². The molecule has 0 unspecified atom stereocenters. The molecule has 23 heavy (non-hydrogen) atoms. The van der Waals surface area contributed by atoms with E-state index in [0.29, 0.717) is 11.4 Å². The molecule has 0 N–H and O–H groups in total. The lowest BCUT2D eigenvalue weighted by atomic mass is 10.1. The molecule has 0 aliphatic rings. The zero-order chi connectivity index (χ0) is 16.1. The Morgan fingerprint density at radius 2 is 1.65 bits per heavy atom. The maximum Gasteiger partial charge on any atom is 0.434 e. The van der Waals surface area contributed by atoms with Crippen molar-refractivity contribution in [2.24, 2.45) is 0 Å². The third-order valence-corrected chi connectivity index (χ3v) is 3.39. The Bertz CT molecular complexity index is 821. The monoisotopic (exact) mass is 304 g/mol. The minimum absolute atomic E-state index is 0.511. The highest BCUT2D eigenvalue weighted by molar-refractivity contribution is 5.79. The Morgan fingerprint density at radius 3 is 2.30 bits per heavy atom. The number of rotatable bonds is 3. The van der Waals surface area contributed by atoms with Gasteiger partial charge in [-0.3, -0.25) is 0 Å². The molecule has 0 saturated carbocycles. The molecule has 1 heterocycles. The number of hydrogen-bond acceptors (Lipinski definition) is 3. The van der Waals surface area contributed by atoms with Gasteiger partial charge in [0.1, 0.15) is 0 Å². The van der Waals surface area contributed by atoms with Crippen LogP contribution in [0.2, 0.25) is 0 Å². The van der Waals surface area contributed by atoms with Crippen LogP contribution in [0, 0.1) is 0 Å². The summed E-state index contributed by atoms with van der Waals surface area (Å²) in [6, 6.07) is 21.4. The zero-order valence-electron chi connectivity index (χ0n) is 12.7. The van der Waals surface area contributed by atoms with Crippen molar-refractivity contribution in [3.63, 3.8) is 0 Å². The molecule has 114 valence electrons. The Labute approximate surface area is 134 Å². The first-order valence-corrected chi connectivity index (χ1v) is 7.25. The molecule has 3 aromatic rings. The van der Waals surface area contributed by atoms with Crippen LogP contribution >= 0.6 is 0 Å². The third-order valence-electron chi connectivity index (χ3n) is 3.39. The summed E-state index contributed by atoms with van der Waals surface area (Å²) in [6.45, 7) is 0. The van der Waals surface area contributed by atoms with Gasteiger partial charge in [0.25, 0.3) is 0 Å². The lowest BCUT2D eigenvalue weighted by Crippen LogP contribution is -2.14. The first-order chi connectivity index (χ1) is 11.3. The molecule has 0 bridgehead atoms. The van der Waals surface area contributed by atoms with Crippen LogP contribution < -0.4 is 0 Å². The fourth-order valence-electron chi connectivity index (χ4n) is 2.27. The van der Waals surface area contributed by atoms with Crippen molar-refractivity contribution in [1.29, 1.82) is 0 Å². The summed E-state index contributed by atoms with van der Waals surface area (Å²) in [6.07, 6.45) is 3.32. The quantitative estimate of drug-likeness (QED) is 0.723. The Morgan fingerprint density at radius 1 is 1.00 bits per heavy atom. The van der Waals surface area contributed by atoms with Crippen molar-refractivity contribution in [3.05, 3.63) is 78.0 Å². The van der Waals surface area contributed by atoms with Crippen LogP contribution in [0.15, 0.2) is 66.7 Å². The number of benzene rings is 2. The Hall–Kier alpha value is -3.14. The Kier molecular flexibility index (Phi) is 4.34. The van der Waals surface area contributed by atoms with E-state index in [9.17, 15) is 4.79 Å². The number of nitrogens with zero attached hydrogens (tertiary/aromatic N) is 2. The summed E-state index contributed by atoms with van der Waals surface area (Å²) in [4.78, 5) is 11.9. The molecule has 4 nitrogen and oxygen atoms in total.